The Labute approximate surface area is 163 Å². The van der Waals surface area contributed by atoms with Gasteiger partial charge in [0.25, 0.3) is 0 Å². The topological polar surface area (TPSA) is 72.7 Å². The van der Waals surface area contributed by atoms with Crippen LogP contribution in [0, 0.1) is 0 Å². The molecule has 2 N–H and O–H groups in total. The van der Waals surface area contributed by atoms with Gasteiger partial charge in [0.15, 0.2) is 0 Å². The van der Waals surface area contributed by atoms with Crippen molar-refractivity contribution in [3.05, 3.63) is 36.4 Å². The fourth-order valence-corrected chi connectivity index (χ4v) is 3.36. The van der Waals surface area contributed by atoms with Crippen LogP contribution in [0.3, 0.4) is 0 Å². The smallest absolute Gasteiger partial charge is 0.238 e. The molecule has 1 aromatic heterocycles. The Morgan fingerprint density at radius 2 is 2.07 bits per heavy atom. The fraction of sp³-hybridized carbons (Fsp3) is 0.350. The number of carbonyl (C=O) groups is 1. The Balaban J connectivity index is 0.00000210. The fourth-order valence-electron chi connectivity index (χ4n) is 3.36. The zero-order valence-corrected chi connectivity index (χ0v) is 15.9. The largest absolute Gasteiger partial charge is 0.495 e. The summed E-state index contributed by atoms with van der Waals surface area (Å²) in [6.07, 6.45) is 2.35. The molecular weight excluding hydrogens is 368 g/mol. The van der Waals surface area contributed by atoms with E-state index >= 15 is 0 Å². The van der Waals surface area contributed by atoms with Crippen LogP contribution in [0.25, 0.3) is 21.9 Å². The second kappa shape index (κ2) is 8.61. The molecule has 3 aromatic rings. The van der Waals surface area contributed by atoms with Gasteiger partial charge in [-0.25, -0.2) is 0 Å². The minimum atomic E-state index is -0.128. The van der Waals surface area contributed by atoms with E-state index < -0.39 is 0 Å². The predicted molar refractivity (Wildman–Crippen MR) is 108 cm³/mol. The van der Waals surface area contributed by atoms with Crippen LogP contribution in [-0.2, 0) is 9.53 Å². The molecule has 0 bridgehead atoms. The molecule has 7 heteroatoms. The molecule has 4 rings (SSSR count). The zero-order valence-electron chi connectivity index (χ0n) is 15.1. The number of fused-ring (bicyclic) bond motifs is 3. The number of amides is 1. The summed E-state index contributed by atoms with van der Waals surface area (Å²) in [6, 6.07) is 11.6. The molecular formula is C20H23ClN2O4. The molecule has 6 nitrogen and oxygen atoms in total. The molecule has 2 heterocycles. The summed E-state index contributed by atoms with van der Waals surface area (Å²) in [4.78, 5) is 12.3. The average Bonchev–Trinajstić information content (AvgIpc) is 3.28. The summed E-state index contributed by atoms with van der Waals surface area (Å²) in [5.41, 5.74) is 2.13. The summed E-state index contributed by atoms with van der Waals surface area (Å²) < 4.78 is 16.9. The van der Waals surface area contributed by atoms with Crippen LogP contribution in [0.5, 0.6) is 5.75 Å². The number of benzene rings is 2. The van der Waals surface area contributed by atoms with E-state index in [1.54, 1.807) is 7.11 Å². The van der Waals surface area contributed by atoms with E-state index in [4.69, 9.17) is 13.9 Å². The number of hydrogen-bond donors (Lipinski definition) is 2. The predicted octanol–water partition coefficient (Wildman–Crippen LogP) is 3.72. The highest BCUT2D eigenvalue weighted by molar-refractivity contribution is 6.07. The number of para-hydroxylation sites is 1. The van der Waals surface area contributed by atoms with Crippen LogP contribution >= 0.6 is 12.4 Å². The van der Waals surface area contributed by atoms with Gasteiger partial charge in [-0.1, -0.05) is 18.2 Å². The third-order valence-corrected chi connectivity index (χ3v) is 4.65. The van der Waals surface area contributed by atoms with E-state index in [1.807, 2.05) is 36.4 Å². The van der Waals surface area contributed by atoms with Gasteiger partial charge in [-0.2, -0.15) is 0 Å². The number of nitrogens with one attached hydrogen (secondary N) is 2. The maximum Gasteiger partial charge on any atom is 0.238 e. The number of furan rings is 1. The maximum atomic E-state index is 12.3. The lowest BCUT2D eigenvalue weighted by atomic mass is 10.1. The van der Waals surface area contributed by atoms with Gasteiger partial charge in [0.05, 0.1) is 25.4 Å². The van der Waals surface area contributed by atoms with Crippen molar-refractivity contribution >= 4 is 45.9 Å². The number of hydrogen-bond acceptors (Lipinski definition) is 5. The number of anilines is 1. The van der Waals surface area contributed by atoms with Gasteiger partial charge in [-0.05, 0) is 25.0 Å². The molecule has 1 fully saturated rings. The lowest BCUT2D eigenvalue weighted by Gasteiger charge is -2.12. The molecule has 27 heavy (non-hydrogen) atoms. The average molecular weight is 391 g/mol. The van der Waals surface area contributed by atoms with Crippen LogP contribution in [-0.4, -0.2) is 38.8 Å². The third kappa shape index (κ3) is 4.18. The first-order chi connectivity index (χ1) is 12.7. The minimum Gasteiger partial charge on any atom is -0.495 e. The summed E-state index contributed by atoms with van der Waals surface area (Å²) in [7, 11) is 1.59. The number of ether oxygens (including phenoxy) is 2. The standard InChI is InChI=1S/C20H22N2O4.ClH/c1-24-19-9-15-14-6-2-3-7-17(14)26-18(15)10-16(19)22-20(23)12-21-11-13-5-4-8-25-13;/h2-3,6-7,9-10,13,21H,4-5,8,11-12H2,1H3,(H,22,23);1H. The Bertz CT molecular complexity index is 934. The van der Waals surface area contributed by atoms with E-state index in [9.17, 15) is 4.79 Å². The second-order valence-corrected chi connectivity index (χ2v) is 6.46. The van der Waals surface area contributed by atoms with E-state index in [1.165, 1.54) is 0 Å². The lowest BCUT2D eigenvalue weighted by molar-refractivity contribution is -0.115. The molecule has 2 aromatic carbocycles. The lowest BCUT2D eigenvalue weighted by Crippen LogP contribution is -2.33. The maximum absolute atomic E-state index is 12.3. The van der Waals surface area contributed by atoms with Crippen molar-refractivity contribution < 1.29 is 18.7 Å². The van der Waals surface area contributed by atoms with Gasteiger partial charge in [0.1, 0.15) is 16.9 Å². The summed E-state index contributed by atoms with van der Waals surface area (Å²) in [5, 5.41) is 8.03. The quantitative estimate of drug-likeness (QED) is 0.671. The Hall–Kier alpha value is -2.28. The van der Waals surface area contributed by atoms with E-state index in [0.717, 1.165) is 41.4 Å². The summed E-state index contributed by atoms with van der Waals surface area (Å²) in [6.45, 7) is 1.72. The third-order valence-electron chi connectivity index (χ3n) is 4.65. The Morgan fingerprint density at radius 3 is 2.85 bits per heavy atom. The van der Waals surface area contributed by atoms with Gasteiger partial charge in [-0.3, -0.25) is 4.79 Å². The van der Waals surface area contributed by atoms with Crippen molar-refractivity contribution in [2.75, 3.05) is 32.1 Å². The van der Waals surface area contributed by atoms with Crippen molar-refractivity contribution in [2.24, 2.45) is 0 Å². The van der Waals surface area contributed by atoms with E-state index in [0.29, 0.717) is 18.0 Å². The molecule has 144 valence electrons. The highest BCUT2D eigenvalue weighted by Crippen LogP contribution is 2.36. The molecule has 1 aliphatic heterocycles. The first-order valence-corrected chi connectivity index (χ1v) is 8.86. The molecule has 0 saturated carbocycles. The Kier molecular flexibility index (Phi) is 6.21. The van der Waals surface area contributed by atoms with Gasteiger partial charge in [-0.15, -0.1) is 12.4 Å². The van der Waals surface area contributed by atoms with Crippen molar-refractivity contribution in [1.82, 2.24) is 5.32 Å². The van der Waals surface area contributed by atoms with Crippen molar-refractivity contribution in [3.8, 4) is 5.75 Å². The first kappa shape index (κ1) is 19.5. The minimum absolute atomic E-state index is 0. The van der Waals surface area contributed by atoms with Gasteiger partial charge in [0.2, 0.25) is 5.91 Å². The number of halogens is 1. The van der Waals surface area contributed by atoms with Crippen LogP contribution in [0.2, 0.25) is 0 Å². The molecule has 1 atom stereocenters. The summed E-state index contributed by atoms with van der Waals surface area (Å²) in [5.74, 6) is 0.480. The molecule has 0 radical (unpaired) electrons. The Morgan fingerprint density at radius 1 is 1.22 bits per heavy atom. The van der Waals surface area contributed by atoms with E-state index in [-0.39, 0.29) is 31.0 Å². The normalized spacial score (nSPS) is 16.4. The molecule has 0 aliphatic carbocycles. The monoisotopic (exact) mass is 390 g/mol. The van der Waals surface area contributed by atoms with Crippen molar-refractivity contribution in [3.63, 3.8) is 0 Å². The van der Waals surface area contributed by atoms with Crippen LogP contribution in [0.1, 0.15) is 12.8 Å². The van der Waals surface area contributed by atoms with Crippen LogP contribution < -0.4 is 15.4 Å². The number of methoxy groups -OCH3 is 1. The van der Waals surface area contributed by atoms with Crippen molar-refractivity contribution in [1.29, 1.82) is 0 Å². The van der Waals surface area contributed by atoms with Crippen LogP contribution in [0.15, 0.2) is 40.8 Å². The number of carbonyl (C=O) groups excluding carboxylic acids is 1. The highest BCUT2D eigenvalue weighted by atomic mass is 35.5. The molecule has 1 saturated heterocycles. The van der Waals surface area contributed by atoms with Gasteiger partial charge in [0, 0.05) is 30.0 Å². The summed E-state index contributed by atoms with van der Waals surface area (Å²) >= 11 is 0. The van der Waals surface area contributed by atoms with Gasteiger partial charge < -0.3 is 24.5 Å². The highest BCUT2D eigenvalue weighted by Gasteiger charge is 2.16. The van der Waals surface area contributed by atoms with E-state index in [2.05, 4.69) is 10.6 Å². The van der Waals surface area contributed by atoms with Crippen LogP contribution in [0.4, 0.5) is 5.69 Å². The molecule has 1 amide bonds. The first-order valence-electron chi connectivity index (χ1n) is 8.86. The SMILES string of the molecule is COc1cc2c(cc1NC(=O)CNCC1CCCO1)oc1ccccc12.Cl. The molecule has 0 spiro atoms. The van der Waals surface area contributed by atoms with Gasteiger partial charge >= 0.3 is 0 Å². The number of rotatable bonds is 6. The second-order valence-electron chi connectivity index (χ2n) is 6.46. The van der Waals surface area contributed by atoms with Crippen molar-refractivity contribution in [2.45, 2.75) is 18.9 Å². The molecule has 1 unspecified atom stereocenters. The zero-order chi connectivity index (χ0) is 17.9. The molecule has 1 aliphatic rings.